The third-order valence-corrected chi connectivity index (χ3v) is 3.45. The summed E-state index contributed by atoms with van der Waals surface area (Å²) >= 11 is 3.37. The van der Waals surface area contributed by atoms with Crippen LogP contribution in [0.15, 0.2) is 28.7 Å². The van der Waals surface area contributed by atoms with Crippen molar-refractivity contribution in [3.8, 4) is 0 Å². The molecule has 1 aliphatic heterocycles. The van der Waals surface area contributed by atoms with Crippen LogP contribution in [0, 0.1) is 0 Å². The Bertz CT molecular complexity index is 394. The Morgan fingerprint density at radius 3 is 2.71 bits per heavy atom. The largest absolute Gasteiger partial charge is 0.465 e. The van der Waals surface area contributed by atoms with Crippen molar-refractivity contribution in [2.75, 3.05) is 11.9 Å². The zero-order valence-corrected chi connectivity index (χ0v) is 11.0. The van der Waals surface area contributed by atoms with Crippen LogP contribution in [0.25, 0.3) is 0 Å². The van der Waals surface area contributed by atoms with Crippen molar-refractivity contribution in [1.82, 2.24) is 4.90 Å². The average Bonchev–Trinajstić information content (AvgIpc) is 2.32. The summed E-state index contributed by atoms with van der Waals surface area (Å²) in [5.41, 5.74) is 0.950. The molecule has 17 heavy (non-hydrogen) atoms. The van der Waals surface area contributed by atoms with Crippen LogP contribution in [0.2, 0.25) is 0 Å². The number of hydrogen-bond acceptors (Lipinski definition) is 2. The topological polar surface area (TPSA) is 52.6 Å². The number of amides is 1. The van der Waals surface area contributed by atoms with Crippen LogP contribution in [0.1, 0.15) is 19.3 Å². The Labute approximate surface area is 109 Å². The summed E-state index contributed by atoms with van der Waals surface area (Å²) in [5.74, 6) is 0. The fraction of sp³-hybridized carbons (Fsp3) is 0.417. The van der Waals surface area contributed by atoms with Crippen molar-refractivity contribution in [2.24, 2.45) is 0 Å². The summed E-state index contributed by atoms with van der Waals surface area (Å²) in [6.07, 6.45) is 1.92. The molecule has 0 aromatic heterocycles. The van der Waals surface area contributed by atoms with Gasteiger partial charge in [0.15, 0.2) is 0 Å². The van der Waals surface area contributed by atoms with Gasteiger partial charge in [0.25, 0.3) is 0 Å². The van der Waals surface area contributed by atoms with E-state index in [0.29, 0.717) is 6.54 Å². The molecule has 1 amide bonds. The molecule has 2 rings (SSSR count). The molecule has 1 aromatic carbocycles. The summed E-state index contributed by atoms with van der Waals surface area (Å²) in [7, 11) is 0. The molecular formula is C12H15BrN2O2. The standard InChI is InChI=1S/C12H15BrN2O2/c13-9-4-6-10(7-5-9)14-11-3-1-2-8-15(11)12(16)17/h4-7,11,14H,1-3,8H2,(H,16,17). The minimum Gasteiger partial charge on any atom is -0.465 e. The van der Waals surface area contributed by atoms with Crippen LogP contribution >= 0.6 is 15.9 Å². The van der Waals surface area contributed by atoms with Gasteiger partial charge in [-0.25, -0.2) is 4.79 Å². The molecule has 1 aromatic rings. The number of benzene rings is 1. The maximum Gasteiger partial charge on any atom is 0.408 e. The Morgan fingerprint density at radius 1 is 1.35 bits per heavy atom. The molecule has 1 aliphatic rings. The maximum absolute atomic E-state index is 11.1. The molecule has 92 valence electrons. The molecule has 4 nitrogen and oxygen atoms in total. The second-order valence-corrected chi connectivity index (χ2v) is 5.05. The first kappa shape index (κ1) is 12.2. The summed E-state index contributed by atoms with van der Waals surface area (Å²) in [5, 5.41) is 12.4. The highest BCUT2D eigenvalue weighted by molar-refractivity contribution is 9.10. The van der Waals surface area contributed by atoms with Crippen LogP contribution in [-0.4, -0.2) is 28.8 Å². The summed E-state index contributed by atoms with van der Waals surface area (Å²) in [6.45, 7) is 0.615. The van der Waals surface area contributed by atoms with E-state index < -0.39 is 6.09 Å². The lowest BCUT2D eigenvalue weighted by atomic mass is 10.1. The van der Waals surface area contributed by atoms with Crippen LogP contribution in [0.5, 0.6) is 0 Å². The number of anilines is 1. The van der Waals surface area contributed by atoms with Gasteiger partial charge in [-0.2, -0.15) is 0 Å². The molecule has 0 bridgehead atoms. The van der Waals surface area contributed by atoms with Crippen LogP contribution < -0.4 is 5.32 Å². The van der Waals surface area contributed by atoms with Gasteiger partial charge in [-0.05, 0) is 43.5 Å². The zero-order chi connectivity index (χ0) is 12.3. The third-order valence-electron chi connectivity index (χ3n) is 2.93. The van der Waals surface area contributed by atoms with E-state index in [4.69, 9.17) is 5.11 Å². The molecule has 0 aliphatic carbocycles. The second kappa shape index (κ2) is 5.40. The second-order valence-electron chi connectivity index (χ2n) is 4.14. The van der Waals surface area contributed by atoms with Crippen molar-refractivity contribution in [2.45, 2.75) is 25.4 Å². The van der Waals surface area contributed by atoms with E-state index in [1.54, 1.807) is 0 Å². The third kappa shape index (κ3) is 3.12. The van der Waals surface area contributed by atoms with Gasteiger partial charge >= 0.3 is 6.09 Å². The molecule has 2 N–H and O–H groups in total. The number of carboxylic acid groups (broad SMARTS) is 1. The van der Waals surface area contributed by atoms with Crippen molar-refractivity contribution in [3.63, 3.8) is 0 Å². The van der Waals surface area contributed by atoms with Gasteiger partial charge in [0.2, 0.25) is 0 Å². The van der Waals surface area contributed by atoms with E-state index in [0.717, 1.165) is 29.4 Å². The molecule has 1 unspecified atom stereocenters. The average molecular weight is 299 g/mol. The summed E-state index contributed by atoms with van der Waals surface area (Å²) < 4.78 is 1.02. The van der Waals surface area contributed by atoms with E-state index in [1.165, 1.54) is 4.90 Å². The highest BCUT2D eigenvalue weighted by atomic mass is 79.9. The number of nitrogens with zero attached hydrogens (tertiary/aromatic N) is 1. The lowest BCUT2D eigenvalue weighted by Gasteiger charge is -2.34. The van der Waals surface area contributed by atoms with Gasteiger partial charge in [-0.3, -0.25) is 4.90 Å². The molecule has 0 saturated carbocycles. The first-order valence-electron chi connectivity index (χ1n) is 5.68. The van der Waals surface area contributed by atoms with E-state index in [9.17, 15) is 4.79 Å². The highest BCUT2D eigenvalue weighted by Crippen LogP contribution is 2.21. The van der Waals surface area contributed by atoms with Crippen LogP contribution in [0.4, 0.5) is 10.5 Å². The fourth-order valence-electron chi connectivity index (χ4n) is 2.05. The molecule has 1 saturated heterocycles. The van der Waals surface area contributed by atoms with Gasteiger partial charge in [0.05, 0.1) is 0 Å². The predicted molar refractivity (Wildman–Crippen MR) is 70.1 cm³/mol. The Kier molecular flexibility index (Phi) is 3.89. The van der Waals surface area contributed by atoms with Gasteiger partial charge in [-0.15, -0.1) is 0 Å². The van der Waals surface area contributed by atoms with Crippen LogP contribution in [0.3, 0.4) is 0 Å². The molecule has 0 spiro atoms. The molecular weight excluding hydrogens is 284 g/mol. The number of carbonyl (C=O) groups is 1. The SMILES string of the molecule is O=C(O)N1CCCCC1Nc1ccc(Br)cc1. The minimum atomic E-state index is -0.848. The molecule has 5 heteroatoms. The van der Waals surface area contributed by atoms with Crippen molar-refractivity contribution < 1.29 is 9.90 Å². The maximum atomic E-state index is 11.1. The molecule has 0 radical (unpaired) electrons. The Hall–Kier alpha value is -1.23. The zero-order valence-electron chi connectivity index (χ0n) is 9.40. The van der Waals surface area contributed by atoms with E-state index in [-0.39, 0.29) is 6.17 Å². The number of piperidine rings is 1. The Morgan fingerprint density at radius 2 is 2.06 bits per heavy atom. The molecule has 1 heterocycles. The number of hydrogen-bond donors (Lipinski definition) is 2. The van der Waals surface area contributed by atoms with Crippen molar-refractivity contribution in [1.29, 1.82) is 0 Å². The summed E-state index contributed by atoms with van der Waals surface area (Å²) in [6, 6.07) is 7.77. The smallest absolute Gasteiger partial charge is 0.408 e. The van der Waals surface area contributed by atoms with E-state index in [2.05, 4.69) is 21.2 Å². The minimum absolute atomic E-state index is 0.109. The number of likely N-dealkylation sites (tertiary alicyclic amines) is 1. The summed E-state index contributed by atoms with van der Waals surface area (Å²) in [4.78, 5) is 12.6. The Balaban J connectivity index is 2.05. The van der Waals surface area contributed by atoms with Gasteiger partial charge in [0.1, 0.15) is 6.17 Å². The first-order valence-corrected chi connectivity index (χ1v) is 6.48. The molecule has 1 atom stereocenters. The van der Waals surface area contributed by atoms with Gasteiger partial charge in [0, 0.05) is 16.7 Å². The monoisotopic (exact) mass is 298 g/mol. The van der Waals surface area contributed by atoms with Gasteiger partial charge < -0.3 is 10.4 Å². The number of halogens is 1. The lowest BCUT2D eigenvalue weighted by molar-refractivity contribution is 0.115. The molecule has 1 fully saturated rings. The normalized spacial score (nSPS) is 20.1. The van der Waals surface area contributed by atoms with Crippen molar-refractivity contribution in [3.05, 3.63) is 28.7 Å². The lowest BCUT2D eigenvalue weighted by Crippen LogP contribution is -2.47. The predicted octanol–water partition coefficient (Wildman–Crippen LogP) is 3.35. The highest BCUT2D eigenvalue weighted by Gasteiger charge is 2.25. The number of rotatable bonds is 2. The fourth-order valence-corrected chi connectivity index (χ4v) is 2.31. The first-order chi connectivity index (χ1) is 8.16. The van der Waals surface area contributed by atoms with Crippen molar-refractivity contribution >= 4 is 27.7 Å². The quantitative estimate of drug-likeness (QED) is 0.880. The van der Waals surface area contributed by atoms with E-state index in [1.807, 2.05) is 24.3 Å². The van der Waals surface area contributed by atoms with E-state index >= 15 is 0 Å². The van der Waals surface area contributed by atoms with Crippen LogP contribution in [-0.2, 0) is 0 Å². The number of nitrogens with one attached hydrogen (secondary N) is 1. The van der Waals surface area contributed by atoms with Gasteiger partial charge in [-0.1, -0.05) is 15.9 Å².